The van der Waals surface area contributed by atoms with Crippen LogP contribution in [-0.2, 0) is 11.2 Å². The van der Waals surface area contributed by atoms with E-state index >= 15 is 0 Å². The number of hydrogen-bond acceptors (Lipinski definition) is 2. The lowest BCUT2D eigenvalue weighted by molar-refractivity contribution is -0.115. The number of carbonyl (C=O) groups excluding carboxylic acids is 1. The number of thiocarbonyl (C=S) groups is 1. The number of amides is 1. The van der Waals surface area contributed by atoms with E-state index in [9.17, 15) is 4.79 Å². The van der Waals surface area contributed by atoms with Gasteiger partial charge in [0.05, 0.1) is 6.42 Å². The molecule has 0 aliphatic carbocycles. The second-order valence-electron chi connectivity index (χ2n) is 4.29. The van der Waals surface area contributed by atoms with Crippen molar-refractivity contribution < 1.29 is 4.79 Å². The van der Waals surface area contributed by atoms with Gasteiger partial charge in [0, 0.05) is 14.8 Å². The van der Waals surface area contributed by atoms with Gasteiger partial charge in [-0.15, -0.1) is 0 Å². The van der Waals surface area contributed by atoms with E-state index in [1.54, 1.807) is 0 Å². The van der Waals surface area contributed by atoms with Crippen molar-refractivity contribution in [3.05, 3.63) is 63.2 Å². The van der Waals surface area contributed by atoms with E-state index in [1.807, 2.05) is 48.5 Å². The molecule has 0 bridgehead atoms. The zero-order chi connectivity index (χ0) is 14.5. The van der Waals surface area contributed by atoms with Crippen molar-refractivity contribution in [3.8, 4) is 0 Å². The lowest BCUT2D eigenvalue weighted by Crippen LogP contribution is -2.14. The van der Waals surface area contributed by atoms with Crippen LogP contribution in [-0.4, -0.2) is 10.9 Å². The van der Waals surface area contributed by atoms with Crippen LogP contribution in [0.4, 0.5) is 5.69 Å². The summed E-state index contributed by atoms with van der Waals surface area (Å²) in [6.07, 6.45) is 0.323. The molecule has 0 aliphatic heterocycles. The van der Waals surface area contributed by atoms with Gasteiger partial charge in [-0.1, -0.05) is 36.5 Å². The van der Waals surface area contributed by atoms with E-state index in [0.29, 0.717) is 11.4 Å². The molecule has 3 nitrogen and oxygen atoms in total. The van der Waals surface area contributed by atoms with Crippen LogP contribution in [0.2, 0.25) is 0 Å². The van der Waals surface area contributed by atoms with Gasteiger partial charge < -0.3 is 11.1 Å². The summed E-state index contributed by atoms with van der Waals surface area (Å²) in [6.45, 7) is 0. The van der Waals surface area contributed by atoms with Crippen molar-refractivity contribution in [1.82, 2.24) is 0 Å². The van der Waals surface area contributed by atoms with E-state index in [4.69, 9.17) is 18.0 Å². The molecule has 0 saturated heterocycles. The number of hydrogen-bond donors (Lipinski definition) is 2. The summed E-state index contributed by atoms with van der Waals surface area (Å²) in [5, 5.41) is 2.86. The summed E-state index contributed by atoms with van der Waals surface area (Å²) in [5.41, 5.74) is 8.06. The van der Waals surface area contributed by atoms with Crippen molar-refractivity contribution in [2.75, 3.05) is 5.32 Å². The highest BCUT2D eigenvalue weighted by molar-refractivity contribution is 14.1. The van der Waals surface area contributed by atoms with Gasteiger partial charge in [-0.2, -0.15) is 0 Å². The molecule has 0 atom stereocenters. The Morgan fingerprint density at radius 1 is 1.10 bits per heavy atom. The van der Waals surface area contributed by atoms with Gasteiger partial charge in [0.1, 0.15) is 4.99 Å². The Bertz CT molecular complexity index is 623. The Labute approximate surface area is 136 Å². The summed E-state index contributed by atoms with van der Waals surface area (Å²) < 4.78 is 1.13. The third-order valence-corrected chi connectivity index (χ3v) is 3.69. The van der Waals surface area contributed by atoms with E-state index in [0.717, 1.165) is 20.4 Å². The van der Waals surface area contributed by atoms with Crippen molar-refractivity contribution in [1.29, 1.82) is 0 Å². The summed E-state index contributed by atoms with van der Waals surface area (Å²) in [4.78, 5) is 12.3. The van der Waals surface area contributed by atoms with Gasteiger partial charge in [0.25, 0.3) is 0 Å². The van der Waals surface area contributed by atoms with Gasteiger partial charge in [-0.3, -0.25) is 4.79 Å². The third kappa shape index (κ3) is 4.28. The molecule has 2 aromatic rings. The van der Waals surface area contributed by atoms with Crippen LogP contribution in [0.15, 0.2) is 48.5 Å². The summed E-state index contributed by atoms with van der Waals surface area (Å²) in [7, 11) is 0. The molecular weight excluding hydrogens is 383 g/mol. The molecule has 20 heavy (non-hydrogen) atoms. The van der Waals surface area contributed by atoms with Crippen molar-refractivity contribution in [2.24, 2.45) is 5.73 Å². The molecule has 102 valence electrons. The second-order valence-corrected chi connectivity index (χ2v) is 5.98. The number of benzene rings is 2. The van der Waals surface area contributed by atoms with E-state index < -0.39 is 0 Å². The van der Waals surface area contributed by atoms with Gasteiger partial charge in [0.15, 0.2) is 0 Å². The maximum atomic E-state index is 11.9. The normalized spacial score (nSPS) is 10.1. The molecule has 3 N–H and O–H groups in total. The predicted molar refractivity (Wildman–Crippen MR) is 93.8 cm³/mol. The van der Waals surface area contributed by atoms with Crippen LogP contribution >= 0.6 is 34.8 Å². The highest BCUT2D eigenvalue weighted by Gasteiger charge is 2.05. The van der Waals surface area contributed by atoms with Crippen LogP contribution in [0.5, 0.6) is 0 Å². The topological polar surface area (TPSA) is 55.1 Å². The van der Waals surface area contributed by atoms with Crippen LogP contribution in [0.1, 0.15) is 11.1 Å². The van der Waals surface area contributed by atoms with Crippen LogP contribution < -0.4 is 11.1 Å². The minimum absolute atomic E-state index is 0.0470. The Hall–Kier alpha value is -1.47. The number of nitrogens with one attached hydrogen (secondary N) is 1. The second kappa shape index (κ2) is 6.81. The minimum atomic E-state index is -0.0470. The summed E-state index contributed by atoms with van der Waals surface area (Å²) in [6, 6.07) is 15.1. The predicted octanol–water partition coefficient (Wildman–Crippen LogP) is 3.11. The molecule has 0 aromatic heterocycles. The quantitative estimate of drug-likeness (QED) is 0.617. The highest BCUT2D eigenvalue weighted by Crippen LogP contribution is 2.12. The van der Waals surface area contributed by atoms with Crippen LogP contribution in [0.3, 0.4) is 0 Å². The lowest BCUT2D eigenvalue weighted by atomic mass is 10.1. The van der Waals surface area contributed by atoms with Gasteiger partial charge >= 0.3 is 0 Å². The van der Waals surface area contributed by atoms with Gasteiger partial charge in [-0.05, 0) is 52.4 Å². The molecule has 2 aromatic carbocycles. The zero-order valence-electron chi connectivity index (χ0n) is 10.6. The van der Waals surface area contributed by atoms with Crippen molar-refractivity contribution in [2.45, 2.75) is 6.42 Å². The first-order valence-corrected chi connectivity index (χ1v) is 7.47. The van der Waals surface area contributed by atoms with Crippen molar-refractivity contribution >= 4 is 51.4 Å². The maximum absolute atomic E-state index is 11.9. The fourth-order valence-electron chi connectivity index (χ4n) is 1.71. The first kappa shape index (κ1) is 14.9. The largest absolute Gasteiger partial charge is 0.389 e. The first-order chi connectivity index (χ1) is 9.54. The van der Waals surface area contributed by atoms with Crippen molar-refractivity contribution in [3.63, 3.8) is 0 Å². The fraction of sp³-hybridized carbons (Fsp3) is 0.0667. The highest BCUT2D eigenvalue weighted by atomic mass is 127. The Morgan fingerprint density at radius 2 is 1.70 bits per heavy atom. The number of anilines is 1. The Morgan fingerprint density at radius 3 is 2.25 bits per heavy atom. The molecule has 0 spiro atoms. The van der Waals surface area contributed by atoms with Gasteiger partial charge in [0.2, 0.25) is 5.91 Å². The first-order valence-electron chi connectivity index (χ1n) is 5.99. The monoisotopic (exact) mass is 396 g/mol. The molecule has 0 heterocycles. The van der Waals surface area contributed by atoms with Gasteiger partial charge in [-0.25, -0.2) is 0 Å². The SMILES string of the molecule is NC(=S)c1ccc(CC(=O)Nc2ccc(I)cc2)cc1. The zero-order valence-corrected chi connectivity index (χ0v) is 13.6. The molecule has 2 rings (SSSR count). The van der Waals surface area contributed by atoms with Crippen LogP contribution in [0.25, 0.3) is 0 Å². The standard InChI is InChI=1S/C15H13IN2OS/c16-12-5-7-13(8-6-12)18-14(19)9-10-1-3-11(4-2-10)15(17)20/h1-8H,9H2,(H2,17,20)(H,18,19). The average molecular weight is 396 g/mol. The average Bonchev–Trinajstić information content (AvgIpc) is 2.42. The fourth-order valence-corrected chi connectivity index (χ4v) is 2.21. The summed E-state index contributed by atoms with van der Waals surface area (Å²) >= 11 is 7.11. The van der Waals surface area contributed by atoms with E-state index in [1.165, 1.54) is 0 Å². The third-order valence-electron chi connectivity index (χ3n) is 2.73. The molecule has 0 unspecified atom stereocenters. The molecule has 0 radical (unpaired) electrons. The molecule has 5 heteroatoms. The Kier molecular flexibility index (Phi) is 5.08. The smallest absolute Gasteiger partial charge is 0.228 e. The molecule has 0 aliphatic rings. The number of nitrogens with two attached hydrogens (primary N) is 1. The molecule has 0 fully saturated rings. The van der Waals surface area contributed by atoms with E-state index in [-0.39, 0.29) is 5.91 Å². The summed E-state index contributed by atoms with van der Waals surface area (Å²) in [5.74, 6) is -0.0470. The number of carbonyl (C=O) groups is 1. The molecule has 1 amide bonds. The van der Waals surface area contributed by atoms with E-state index in [2.05, 4.69) is 27.9 Å². The minimum Gasteiger partial charge on any atom is -0.389 e. The Balaban J connectivity index is 1.97. The maximum Gasteiger partial charge on any atom is 0.228 e. The molecule has 0 saturated carbocycles. The van der Waals surface area contributed by atoms with Crippen LogP contribution in [0, 0.1) is 3.57 Å². The lowest BCUT2D eigenvalue weighted by Gasteiger charge is -2.06. The molecular formula is C15H13IN2OS. The number of rotatable bonds is 4. The number of halogens is 1.